The van der Waals surface area contributed by atoms with Crippen LogP contribution in [0.4, 0.5) is 0 Å². The maximum absolute atomic E-state index is 4.76. The largest absolute Gasteiger partial charge is 0.319 e. The van der Waals surface area contributed by atoms with Crippen molar-refractivity contribution in [3.63, 3.8) is 0 Å². The van der Waals surface area contributed by atoms with Crippen LogP contribution in [0, 0.1) is 5.92 Å². The Morgan fingerprint density at radius 3 is 2.79 bits per heavy atom. The summed E-state index contributed by atoms with van der Waals surface area (Å²) in [7, 11) is 2.00. The van der Waals surface area contributed by atoms with E-state index in [4.69, 9.17) is 4.98 Å². The van der Waals surface area contributed by atoms with Gasteiger partial charge in [0.15, 0.2) is 0 Å². The van der Waals surface area contributed by atoms with E-state index in [-0.39, 0.29) is 0 Å². The van der Waals surface area contributed by atoms with Gasteiger partial charge in [0.2, 0.25) is 0 Å². The summed E-state index contributed by atoms with van der Waals surface area (Å²) in [6.07, 6.45) is 4.92. The number of thiazole rings is 1. The predicted molar refractivity (Wildman–Crippen MR) is 82.9 cm³/mol. The van der Waals surface area contributed by atoms with Gasteiger partial charge in [0.25, 0.3) is 0 Å². The molecule has 1 saturated heterocycles. The smallest absolute Gasteiger partial charge is 0.0931 e. The third-order valence-electron chi connectivity index (χ3n) is 4.07. The first kappa shape index (κ1) is 14.9. The molecule has 0 radical (unpaired) electrons. The van der Waals surface area contributed by atoms with E-state index < -0.39 is 0 Å². The summed E-state index contributed by atoms with van der Waals surface area (Å²) in [6.45, 7) is 8.15. The Bertz CT molecular complexity index is 367. The third-order valence-corrected chi connectivity index (χ3v) is 4.99. The third kappa shape index (κ3) is 4.55. The molecule has 2 rings (SSSR count). The van der Waals surface area contributed by atoms with E-state index >= 15 is 0 Å². The van der Waals surface area contributed by atoms with Crippen molar-refractivity contribution in [3.8, 4) is 0 Å². The number of aromatic nitrogens is 1. The molecule has 0 aromatic carbocycles. The molecule has 4 heteroatoms. The molecule has 0 unspecified atom stereocenters. The SMILES string of the molecule is CNCCc1csc(CC2CCN(C(C)C)CC2)n1. The van der Waals surface area contributed by atoms with E-state index in [0.717, 1.165) is 18.9 Å². The average molecular weight is 281 g/mol. The molecule has 1 aliphatic heterocycles. The Kier molecular flexibility index (Phi) is 5.79. The number of likely N-dealkylation sites (N-methyl/N-ethyl adjacent to an activating group) is 1. The maximum Gasteiger partial charge on any atom is 0.0931 e. The van der Waals surface area contributed by atoms with Gasteiger partial charge in [0.05, 0.1) is 10.7 Å². The topological polar surface area (TPSA) is 28.2 Å². The van der Waals surface area contributed by atoms with Gasteiger partial charge < -0.3 is 10.2 Å². The highest BCUT2D eigenvalue weighted by Gasteiger charge is 2.21. The average Bonchev–Trinajstić information content (AvgIpc) is 2.84. The molecule has 19 heavy (non-hydrogen) atoms. The van der Waals surface area contributed by atoms with E-state index in [9.17, 15) is 0 Å². The van der Waals surface area contributed by atoms with Crippen molar-refractivity contribution in [2.45, 2.75) is 45.6 Å². The summed E-state index contributed by atoms with van der Waals surface area (Å²) in [5.74, 6) is 0.846. The molecule has 1 aliphatic rings. The number of nitrogens with zero attached hydrogens (tertiary/aromatic N) is 2. The summed E-state index contributed by atoms with van der Waals surface area (Å²) in [4.78, 5) is 7.35. The van der Waals surface area contributed by atoms with Crippen molar-refractivity contribution in [1.29, 1.82) is 0 Å². The lowest BCUT2D eigenvalue weighted by atomic mass is 9.93. The molecule has 1 aromatic rings. The number of nitrogens with one attached hydrogen (secondary N) is 1. The standard InChI is InChI=1S/C15H27N3S/c1-12(2)18-8-5-13(6-9-18)10-15-17-14(11-19-15)4-7-16-3/h11-13,16H,4-10H2,1-3H3. The summed E-state index contributed by atoms with van der Waals surface area (Å²) in [5, 5.41) is 6.76. The van der Waals surface area contributed by atoms with Crippen molar-refractivity contribution in [1.82, 2.24) is 15.2 Å². The second-order valence-corrected chi connectivity index (χ2v) is 6.81. The molecule has 0 spiro atoms. The number of hydrogen-bond acceptors (Lipinski definition) is 4. The van der Waals surface area contributed by atoms with Gasteiger partial charge in [0, 0.05) is 30.8 Å². The molecule has 0 aliphatic carbocycles. The summed E-state index contributed by atoms with van der Waals surface area (Å²) >= 11 is 1.85. The highest BCUT2D eigenvalue weighted by Crippen LogP contribution is 2.24. The van der Waals surface area contributed by atoms with E-state index in [1.54, 1.807) is 0 Å². The van der Waals surface area contributed by atoms with Gasteiger partial charge in [-0.25, -0.2) is 4.98 Å². The fourth-order valence-electron chi connectivity index (χ4n) is 2.73. The minimum Gasteiger partial charge on any atom is -0.319 e. The van der Waals surface area contributed by atoms with Crippen LogP contribution in [0.5, 0.6) is 0 Å². The van der Waals surface area contributed by atoms with Gasteiger partial charge in [-0.1, -0.05) is 0 Å². The van der Waals surface area contributed by atoms with Crippen LogP contribution in [-0.4, -0.2) is 42.6 Å². The van der Waals surface area contributed by atoms with Gasteiger partial charge in [-0.2, -0.15) is 0 Å². The second-order valence-electron chi connectivity index (χ2n) is 5.86. The first-order valence-electron chi connectivity index (χ1n) is 7.51. The molecule has 1 N–H and O–H groups in total. The van der Waals surface area contributed by atoms with Crippen LogP contribution in [0.3, 0.4) is 0 Å². The first-order valence-corrected chi connectivity index (χ1v) is 8.39. The minimum absolute atomic E-state index is 0.703. The number of hydrogen-bond donors (Lipinski definition) is 1. The predicted octanol–water partition coefficient (Wildman–Crippen LogP) is 2.57. The number of piperidine rings is 1. The monoisotopic (exact) mass is 281 g/mol. The van der Waals surface area contributed by atoms with E-state index in [1.165, 1.54) is 43.1 Å². The maximum atomic E-state index is 4.76. The van der Waals surface area contributed by atoms with Crippen molar-refractivity contribution in [2.75, 3.05) is 26.7 Å². The summed E-state index contributed by atoms with van der Waals surface area (Å²) < 4.78 is 0. The second kappa shape index (κ2) is 7.36. The van der Waals surface area contributed by atoms with Crippen molar-refractivity contribution in [3.05, 3.63) is 16.1 Å². The lowest BCUT2D eigenvalue weighted by Crippen LogP contribution is -2.38. The zero-order valence-electron chi connectivity index (χ0n) is 12.5. The Labute approximate surface area is 121 Å². The van der Waals surface area contributed by atoms with Crippen molar-refractivity contribution in [2.24, 2.45) is 5.92 Å². The van der Waals surface area contributed by atoms with Gasteiger partial charge in [-0.3, -0.25) is 0 Å². The number of rotatable bonds is 6. The Morgan fingerprint density at radius 2 is 2.16 bits per heavy atom. The molecule has 1 aromatic heterocycles. The Morgan fingerprint density at radius 1 is 1.42 bits per heavy atom. The Hall–Kier alpha value is -0.450. The molecule has 1 fully saturated rings. The normalized spacial score (nSPS) is 18.3. The van der Waals surface area contributed by atoms with Crippen LogP contribution in [-0.2, 0) is 12.8 Å². The van der Waals surface area contributed by atoms with Gasteiger partial charge in [-0.15, -0.1) is 11.3 Å². The lowest BCUT2D eigenvalue weighted by Gasteiger charge is -2.34. The van der Waals surface area contributed by atoms with Crippen LogP contribution in [0.25, 0.3) is 0 Å². The fourth-order valence-corrected chi connectivity index (χ4v) is 3.68. The fraction of sp³-hybridized carbons (Fsp3) is 0.800. The van der Waals surface area contributed by atoms with Gasteiger partial charge in [0.1, 0.15) is 0 Å². The molecule has 0 saturated carbocycles. The quantitative estimate of drug-likeness (QED) is 0.868. The van der Waals surface area contributed by atoms with Crippen LogP contribution in [0.15, 0.2) is 5.38 Å². The van der Waals surface area contributed by atoms with Crippen molar-refractivity contribution < 1.29 is 0 Å². The Balaban J connectivity index is 1.77. The van der Waals surface area contributed by atoms with Crippen LogP contribution in [0.1, 0.15) is 37.4 Å². The molecular weight excluding hydrogens is 254 g/mol. The van der Waals surface area contributed by atoms with E-state index in [1.807, 2.05) is 18.4 Å². The highest BCUT2D eigenvalue weighted by atomic mass is 32.1. The molecular formula is C15H27N3S. The molecule has 108 valence electrons. The zero-order valence-corrected chi connectivity index (χ0v) is 13.3. The number of likely N-dealkylation sites (tertiary alicyclic amines) is 1. The molecule has 0 bridgehead atoms. The van der Waals surface area contributed by atoms with E-state index in [0.29, 0.717) is 6.04 Å². The zero-order chi connectivity index (χ0) is 13.7. The minimum atomic E-state index is 0.703. The summed E-state index contributed by atoms with van der Waals surface area (Å²) in [5.41, 5.74) is 1.26. The van der Waals surface area contributed by atoms with Crippen LogP contribution in [0.2, 0.25) is 0 Å². The molecule has 0 amide bonds. The highest BCUT2D eigenvalue weighted by molar-refractivity contribution is 7.09. The van der Waals surface area contributed by atoms with Crippen LogP contribution >= 0.6 is 11.3 Å². The van der Waals surface area contributed by atoms with Gasteiger partial charge >= 0.3 is 0 Å². The van der Waals surface area contributed by atoms with Gasteiger partial charge in [-0.05, 0) is 52.7 Å². The molecule has 0 atom stereocenters. The lowest BCUT2D eigenvalue weighted by molar-refractivity contribution is 0.149. The molecule has 2 heterocycles. The van der Waals surface area contributed by atoms with Crippen molar-refractivity contribution >= 4 is 11.3 Å². The van der Waals surface area contributed by atoms with Crippen LogP contribution < -0.4 is 5.32 Å². The first-order chi connectivity index (χ1) is 9.19. The summed E-state index contributed by atoms with van der Waals surface area (Å²) in [6, 6.07) is 0.703. The molecule has 3 nitrogen and oxygen atoms in total. The van der Waals surface area contributed by atoms with E-state index in [2.05, 4.69) is 29.4 Å².